The number of ether oxygens (including phenoxy) is 1. The zero-order valence-corrected chi connectivity index (χ0v) is 16.6. The molecular formula is C20H17ClN6O3. The van der Waals surface area contributed by atoms with Crippen LogP contribution in [0.2, 0.25) is 5.02 Å². The van der Waals surface area contributed by atoms with Crippen LogP contribution in [-0.4, -0.2) is 50.2 Å². The Morgan fingerprint density at radius 3 is 2.87 bits per heavy atom. The molecule has 9 nitrogen and oxygen atoms in total. The highest BCUT2D eigenvalue weighted by atomic mass is 35.5. The number of hydrogen-bond acceptors (Lipinski definition) is 6. The third-order valence-corrected chi connectivity index (χ3v) is 5.03. The highest BCUT2D eigenvalue weighted by Crippen LogP contribution is 2.22. The largest absolute Gasteiger partial charge is 0.467 e. The number of nitrogens with one attached hydrogen (secondary N) is 2. The molecule has 152 valence electrons. The molecule has 2 aromatic carbocycles. The molecule has 1 amide bonds. The standard InChI is InChI=1S/C20H17ClN6O3/c1-30-20(29)18(8-12-10-22-17-5-3-2-4-14(12)17)24-19(28)15-9-13(6-7-16(15)21)27-11-23-25-26-27/h2-7,9-11,18,22H,8H2,1H3,(H,24,28)/t18-/m0/s1. The van der Waals surface area contributed by atoms with Crippen molar-refractivity contribution in [3.8, 4) is 5.69 Å². The number of tetrazole rings is 1. The van der Waals surface area contributed by atoms with Gasteiger partial charge in [0.15, 0.2) is 0 Å². The lowest BCUT2D eigenvalue weighted by Gasteiger charge is -2.17. The number of hydrogen-bond donors (Lipinski definition) is 2. The van der Waals surface area contributed by atoms with Crippen molar-refractivity contribution >= 4 is 34.4 Å². The van der Waals surface area contributed by atoms with Gasteiger partial charge in [-0.05, 0) is 40.3 Å². The van der Waals surface area contributed by atoms with Crippen molar-refractivity contribution in [1.29, 1.82) is 0 Å². The van der Waals surface area contributed by atoms with Crippen molar-refractivity contribution in [3.05, 3.63) is 71.1 Å². The molecule has 0 aliphatic heterocycles. The van der Waals surface area contributed by atoms with E-state index in [4.69, 9.17) is 16.3 Å². The fraction of sp³-hybridized carbons (Fsp3) is 0.150. The number of H-pyrrole nitrogens is 1. The summed E-state index contributed by atoms with van der Waals surface area (Å²) in [7, 11) is 1.28. The fourth-order valence-corrected chi connectivity index (χ4v) is 3.40. The van der Waals surface area contributed by atoms with Crippen LogP contribution in [0.25, 0.3) is 16.6 Å². The van der Waals surface area contributed by atoms with Gasteiger partial charge in [0.25, 0.3) is 5.91 Å². The fourth-order valence-electron chi connectivity index (χ4n) is 3.20. The molecule has 4 rings (SSSR count). The van der Waals surface area contributed by atoms with Crippen LogP contribution in [0.1, 0.15) is 15.9 Å². The lowest BCUT2D eigenvalue weighted by Crippen LogP contribution is -2.43. The summed E-state index contributed by atoms with van der Waals surface area (Å²) in [5.74, 6) is -1.06. The first kappa shape index (κ1) is 19.6. The average molecular weight is 425 g/mol. The van der Waals surface area contributed by atoms with Crippen LogP contribution in [0.4, 0.5) is 0 Å². The number of esters is 1. The normalized spacial score (nSPS) is 11.9. The van der Waals surface area contributed by atoms with E-state index >= 15 is 0 Å². The molecule has 0 fully saturated rings. The van der Waals surface area contributed by atoms with Gasteiger partial charge in [0.2, 0.25) is 0 Å². The van der Waals surface area contributed by atoms with Gasteiger partial charge in [-0.3, -0.25) is 4.79 Å². The number of carbonyl (C=O) groups excluding carboxylic acids is 2. The predicted molar refractivity (Wildman–Crippen MR) is 109 cm³/mol. The lowest BCUT2D eigenvalue weighted by molar-refractivity contribution is -0.142. The van der Waals surface area contributed by atoms with Gasteiger partial charge in [-0.25, -0.2) is 9.48 Å². The van der Waals surface area contributed by atoms with E-state index in [1.165, 1.54) is 18.1 Å². The zero-order valence-electron chi connectivity index (χ0n) is 15.9. The van der Waals surface area contributed by atoms with Crippen molar-refractivity contribution in [3.63, 3.8) is 0 Å². The van der Waals surface area contributed by atoms with Gasteiger partial charge in [-0.2, -0.15) is 0 Å². The number of aromatic nitrogens is 5. The summed E-state index contributed by atoms with van der Waals surface area (Å²) in [6.07, 6.45) is 3.48. The Labute approximate surface area is 176 Å². The van der Waals surface area contributed by atoms with Crippen molar-refractivity contribution in [1.82, 2.24) is 30.5 Å². The quantitative estimate of drug-likeness (QED) is 0.459. The number of halogens is 1. The lowest BCUT2D eigenvalue weighted by atomic mass is 10.0. The van der Waals surface area contributed by atoms with Crippen LogP contribution in [0.15, 0.2) is 55.0 Å². The Bertz CT molecular complexity index is 1200. The Kier molecular flexibility index (Phi) is 5.44. The second-order valence-electron chi connectivity index (χ2n) is 6.53. The second-order valence-corrected chi connectivity index (χ2v) is 6.94. The maximum absolute atomic E-state index is 12.9. The summed E-state index contributed by atoms with van der Waals surface area (Å²) in [4.78, 5) is 28.5. The summed E-state index contributed by atoms with van der Waals surface area (Å²) in [6.45, 7) is 0. The van der Waals surface area contributed by atoms with Gasteiger partial charge >= 0.3 is 5.97 Å². The summed E-state index contributed by atoms with van der Waals surface area (Å²) >= 11 is 6.23. The second kappa shape index (κ2) is 8.34. The summed E-state index contributed by atoms with van der Waals surface area (Å²) < 4.78 is 6.29. The minimum atomic E-state index is -0.894. The molecule has 4 aromatic rings. The van der Waals surface area contributed by atoms with Gasteiger partial charge < -0.3 is 15.0 Å². The van der Waals surface area contributed by atoms with E-state index in [0.29, 0.717) is 5.69 Å². The van der Waals surface area contributed by atoms with Crippen LogP contribution in [0, 0.1) is 0 Å². The molecule has 0 bridgehead atoms. The third-order valence-electron chi connectivity index (χ3n) is 4.70. The number of nitrogens with zero attached hydrogens (tertiary/aromatic N) is 4. The molecule has 0 unspecified atom stereocenters. The van der Waals surface area contributed by atoms with Crippen LogP contribution >= 0.6 is 11.6 Å². The van der Waals surface area contributed by atoms with Gasteiger partial charge in [-0.15, -0.1) is 5.10 Å². The molecule has 2 N–H and O–H groups in total. The molecule has 0 aliphatic carbocycles. The molecular weight excluding hydrogens is 408 g/mol. The molecule has 0 saturated carbocycles. The van der Waals surface area contributed by atoms with Gasteiger partial charge in [-0.1, -0.05) is 29.8 Å². The molecule has 2 heterocycles. The number of rotatable bonds is 6. The highest BCUT2D eigenvalue weighted by Gasteiger charge is 2.25. The van der Waals surface area contributed by atoms with Crippen molar-refractivity contribution in [2.75, 3.05) is 7.11 Å². The minimum absolute atomic E-state index is 0.192. The van der Waals surface area contributed by atoms with Crippen molar-refractivity contribution in [2.24, 2.45) is 0 Å². The first-order chi connectivity index (χ1) is 14.6. The van der Waals surface area contributed by atoms with Crippen LogP contribution < -0.4 is 5.32 Å². The maximum Gasteiger partial charge on any atom is 0.328 e. The van der Waals surface area contributed by atoms with Crippen molar-refractivity contribution in [2.45, 2.75) is 12.5 Å². The zero-order chi connectivity index (χ0) is 21.1. The van der Waals surface area contributed by atoms with Crippen LogP contribution in [-0.2, 0) is 16.0 Å². The first-order valence-corrected chi connectivity index (χ1v) is 9.41. The Balaban J connectivity index is 1.60. The maximum atomic E-state index is 12.9. The van der Waals surface area contributed by atoms with Crippen LogP contribution in [0.3, 0.4) is 0 Å². The molecule has 30 heavy (non-hydrogen) atoms. The number of fused-ring (bicyclic) bond motifs is 1. The average Bonchev–Trinajstić information content (AvgIpc) is 3.43. The molecule has 0 radical (unpaired) electrons. The van der Waals surface area contributed by atoms with Crippen LogP contribution in [0.5, 0.6) is 0 Å². The van der Waals surface area contributed by atoms with E-state index in [2.05, 4.69) is 25.8 Å². The van der Waals surface area contributed by atoms with E-state index in [0.717, 1.165) is 16.5 Å². The van der Waals surface area contributed by atoms with E-state index < -0.39 is 17.9 Å². The number of amides is 1. The Hall–Kier alpha value is -3.72. The molecule has 0 saturated heterocycles. The summed E-state index contributed by atoms with van der Waals surface area (Å²) in [6, 6.07) is 11.6. The SMILES string of the molecule is COC(=O)[C@H](Cc1c[nH]c2ccccc12)NC(=O)c1cc(-n2cnnn2)ccc1Cl. The summed E-state index contributed by atoms with van der Waals surface area (Å²) in [5.41, 5.74) is 2.58. The molecule has 0 spiro atoms. The number of aromatic amines is 1. The molecule has 0 aliphatic rings. The third kappa shape index (κ3) is 3.87. The predicted octanol–water partition coefficient (Wildman–Crippen LogP) is 2.31. The topological polar surface area (TPSA) is 115 Å². The van der Waals surface area contributed by atoms with E-state index in [9.17, 15) is 9.59 Å². The van der Waals surface area contributed by atoms with Crippen molar-refractivity contribution < 1.29 is 14.3 Å². The minimum Gasteiger partial charge on any atom is -0.467 e. The van der Waals surface area contributed by atoms with Gasteiger partial charge in [0, 0.05) is 23.5 Å². The van der Waals surface area contributed by atoms with Gasteiger partial charge in [0.1, 0.15) is 12.4 Å². The smallest absolute Gasteiger partial charge is 0.328 e. The Morgan fingerprint density at radius 2 is 2.10 bits per heavy atom. The highest BCUT2D eigenvalue weighted by molar-refractivity contribution is 6.34. The number of para-hydroxylation sites is 1. The van der Waals surface area contributed by atoms with E-state index in [1.54, 1.807) is 18.2 Å². The number of methoxy groups -OCH3 is 1. The van der Waals surface area contributed by atoms with E-state index in [1.807, 2.05) is 30.5 Å². The monoisotopic (exact) mass is 424 g/mol. The van der Waals surface area contributed by atoms with Gasteiger partial charge in [0.05, 0.1) is 23.4 Å². The summed E-state index contributed by atoms with van der Waals surface area (Å²) in [5, 5.41) is 14.9. The number of carbonyl (C=O) groups is 2. The molecule has 1 atom stereocenters. The first-order valence-electron chi connectivity index (χ1n) is 9.03. The molecule has 10 heteroatoms. The van der Waals surface area contributed by atoms with E-state index in [-0.39, 0.29) is 17.0 Å². The molecule has 2 aromatic heterocycles. The number of benzene rings is 2. The Morgan fingerprint density at radius 1 is 1.27 bits per heavy atom.